The van der Waals surface area contributed by atoms with Gasteiger partial charge in [-0.1, -0.05) is 40.2 Å². The molecule has 2 aliphatic carbocycles. The molecule has 68 heavy (non-hydrogen) atoms. The SMILES string of the molecule is CC(C)N(CC1CCN(c2ccc(C(=O)NC3C(C)(C)C(Oc4ccc(C#N)c5ncccc45)C3(C)C)cn2)CC1)C1CCC1.CNC(=O)C(CCC=O)N(C=O)C=O.Cc1ccc(O)cc1C. The maximum atomic E-state index is 13.5. The van der Waals surface area contributed by atoms with Crippen molar-refractivity contribution in [1.82, 2.24) is 30.4 Å². The smallest absolute Gasteiger partial charge is 0.253 e. The van der Waals surface area contributed by atoms with E-state index in [0.717, 1.165) is 41.8 Å². The van der Waals surface area contributed by atoms with Gasteiger partial charge in [-0.15, -0.1) is 0 Å². The van der Waals surface area contributed by atoms with Crippen LogP contribution in [0.4, 0.5) is 5.82 Å². The van der Waals surface area contributed by atoms with Crippen LogP contribution in [0, 0.1) is 41.9 Å². The van der Waals surface area contributed by atoms with Gasteiger partial charge in [0.2, 0.25) is 18.7 Å². The number of benzene rings is 2. The molecule has 1 saturated heterocycles. The van der Waals surface area contributed by atoms with E-state index in [2.05, 4.69) is 73.0 Å². The molecule has 1 aliphatic heterocycles. The minimum absolute atomic E-state index is 0.102. The third-order valence-corrected chi connectivity index (χ3v) is 14.0. The number of carbonyl (C=O) groups excluding carboxylic acids is 5. The molecule has 2 saturated carbocycles. The van der Waals surface area contributed by atoms with Crippen LogP contribution in [0.1, 0.15) is 114 Å². The van der Waals surface area contributed by atoms with E-state index in [4.69, 9.17) is 14.8 Å². The fraction of sp³-hybridized carbons (Fsp3) is 0.509. The van der Waals surface area contributed by atoms with E-state index < -0.39 is 11.9 Å². The lowest BCUT2D eigenvalue weighted by Crippen LogP contribution is -2.74. The number of nitrogens with one attached hydrogen (secondary N) is 2. The van der Waals surface area contributed by atoms with Crippen molar-refractivity contribution in [3.8, 4) is 17.6 Å². The molecule has 0 radical (unpaired) electrons. The predicted octanol–water partition coefficient (Wildman–Crippen LogP) is 7.30. The van der Waals surface area contributed by atoms with Gasteiger partial charge in [-0.05, 0) is 125 Å². The highest BCUT2D eigenvalue weighted by molar-refractivity contribution is 5.94. The number of likely N-dealkylation sites (N-methyl/N-ethyl adjacent to an activating group) is 1. The zero-order valence-electron chi connectivity index (χ0n) is 41.2. The second-order valence-corrected chi connectivity index (χ2v) is 19.7. The Balaban J connectivity index is 0.000000308. The summed E-state index contributed by atoms with van der Waals surface area (Å²) in [6.45, 7) is 20.5. The topological polar surface area (TPSA) is 198 Å². The minimum atomic E-state index is -0.903. The van der Waals surface area contributed by atoms with Gasteiger partial charge in [0.1, 0.15) is 41.8 Å². The summed E-state index contributed by atoms with van der Waals surface area (Å²) in [5.74, 6) is 2.15. The molecule has 2 aromatic heterocycles. The highest BCUT2D eigenvalue weighted by atomic mass is 16.5. The van der Waals surface area contributed by atoms with Crippen LogP contribution in [0.2, 0.25) is 0 Å². The van der Waals surface area contributed by atoms with Gasteiger partial charge >= 0.3 is 0 Å². The molecule has 4 amide bonds. The number of fused-ring (bicyclic) bond motifs is 1. The summed E-state index contributed by atoms with van der Waals surface area (Å²) in [5.41, 5.74) is 3.42. The number of phenolic OH excluding ortho intramolecular Hbond substituents is 1. The minimum Gasteiger partial charge on any atom is -0.508 e. The lowest BCUT2D eigenvalue weighted by Gasteiger charge is -2.63. The molecule has 0 bridgehead atoms. The fourth-order valence-corrected chi connectivity index (χ4v) is 10.0. The number of nitriles is 1. The van der Waals surface area contributed by atoms with E-state index in [9.17, 15) is 29.2 Å². The number of aromatic nitrogens is 2. The number of aromatic hydroxyl groups is 1. The number of anilines is 1. The number of piperidine rings is 1. The third-order valence-electron chi connectivity index (χ3n) is 14.0. The number of hydrogen-bond donors (Lipinski definition) is 3. The predicted molar refractivity (Wildman–Crippen MR) is 263 cm³/mol. The van der Waals surface area contributed by atoms with E-state index in [1.807, 2.05) is 50.2 Å². The summed E-state index contributed by atoms with van der Waals surface area (Å²) in [7, 11) is 1.39. The molecule has 7 rings (SSSR count). The Bertz CT molecular complexity index is 2380. The van der Waals surface area contributed by atoms with Gasteiger partial charge in [-0.2, -0.15) is 5.26 Å². The molecular formula is C53H70N8O7. The fourth-order valence-electron chi connectivity index (χ4n) is 10.0. The zero-order chi connectivity index (χ0) is 49.8. The quantitative estimate of drug-likeness (QED) is 0.0950. The van der Waals surface area contributed by atoms with Crippen molar-refractivity contribution in [2.24, 2.45) is 16.7 Å². The Kier molecular flexibility index (Phi) is 18.2. The average molecular weight is 931 g/mol. The summed E-state index contributed by atoms with van der Waals surface area (Å²) in [4.78, 5) is 70.5. The normalized spacial score (nSPS) is 18.8. The number of nitrogens with zero attached hydrogens (tertiary/aromatic N) is 6. The van der Waals surface area contributed by atoms with Gasteiger partial charge in [0.05, 0.1) is 16.6 Å². The number of rotatable bonds is 16. The summed E-state index contributed by atoms with van der Waals surface area (Å²) >= 11 is 0. The van der Waals surface area contributed by atoms with Gasteiger partial charge < -0.3 is 30.2 Å². The molecule has 4 aromatic rings. The average Bonchev–Trinajstić information content (AvgIpc) is 3.31. The van der Waals surface area contributed by atoms with Crippen molar-refractivity contribution in [2.75, 3.05) is 31.6 Å². The molecule has 3 N–H and O–H groups in total. The monoisotopic (exact) mass is 931 g/mol. The molecule has 15 heteroatoms. The van der Waals surface area contributed by atoms with Gasteiger partial charge in [0, 0.05) is 79.8 Å². The van der Waals surface area contributed by atoms with E-state index in [1.165, 1.54) is 51.3 Å². The second kappa shape index (κ2) is 23.6. The Morgan fingerprint density at radius 3 is 2.18 bits per heavy atom. The lowest BCUT2D eigenvalue weighted by atomic mass is 9.49. The van der Waals surface area contributed by atoms with Crippen LogP contribution in [0.5, 0.6) is 11.5 Å². The number of pyridine rings is 2. The number of aryl methyl sites for hydroxylation is 2. The third kappa shape index (κ3) is 12.4. The van der Waals surface area contributed by atoms with Gasteiger partial charge in [0.15, 0.2) is 0 Å². The van der Waals surface area contributed by atoms with Gasteiger partial charge in [-0.3, -0.25) is 34.0 Å². The number of hydrogen-bond acceptors (Lipinski definition) is 12. The lowest BCUT2D eigenvalue weighted by molar-refractivity contribution is -0.163. The molecule has 364 valence electrons. The van der Waals surface area contributed by atoms with Crippen molar-refractivity contribution < 1.29 is 33.8 Å². The highest BCUT2D eigenvalue weighted by Crippen LogP contribution is 2.56. The first-order valence-corrected chi connectivity index (χ1v) is 23.7. The van der Waals surface area contributed by atoms with Crippen LogP contribution in [0.3, 0.4) is 0 Å². The molecule has 3 heterocycles. The summed E-state index contributed by atoms with van der Waals surface area (Å²) in [5, 5.41) is 24.9. The van der Waals surface area contributed by atoms with Crippen LogP contribution >= 0.6 is 0 Å². The van der Waals surface area contributed by atoms with Crippen LogP contribution in [0.15, 0.2) is 67.0 Å². The van der Waals surface area contributed by atoms with Crippen molar-refractivity contribution >= 4 is 47.6 Å². The Hall–Kier alpha value is -6.40. The van der Waals surface area contributed by atoms with E-state index >= 15 is 0 Å². The number of ether oxygens (including phenoxy) is 1. The number of amides is 4. The molecule has 1 unspecified atom stereocenters. The van der Waals surface area contributed by atoms with Crippen LogP contribution in [-0.4, -0.2) is 113 Å². The molecular weight excluding hydrogens is 861 g/mol. The molecule has 3 fully saturated rings. The second-order valence-electron chi connectivity index (χ2n) is 19.7. The molecule has 3 aliphatic rings. The Labute approximate surface area is 401 Å². The molecule has 1 atom stereocenters. The van der Waals surface area contributed by atoms with E-state index in [0.29, 0.717) is 45.4 Å². The number of aldehydes is 1. The Morgan fingerprint density at radius 2 is 1.65 bits per heavy atom. The van der Waals surface area contributed by atoms with Crippen molar-refractivity contribution in [2.45, 2.75) is 131 Å². The number of phenols is 1. The largest absolute Gasteiger partial charge is 0.508 e. The maximum absolute atomic E-state index is 13.5. The molecule has 2 aromatic carbocycles. The zero-order valence-corrected chi connectivity index (χ0v) is 41.2. The van der Waals surface area contributed by atoms with Crippen LogP contribution in [0.25, 0.3) is 10.9 Å². The van der Waals surface area contributed by atoms with E-state index in [1.54, 1.807) is 30.6 Å². The van der Waals surface area contributed by atoms with Crippen LogP contribution in [-0.2, 0) is 19.2 Å². The summed E-state index contributed by atoms with van der Waals surface area (Å²) in [6.07, 6.45) is 11.1. The van der Waals surface area contributed by atoms with Gasteiger partial charge in [0.25, 0.3) is 5.91 Å². The first-order valence-electron chi connectivity index (χ1n) is 23.7. The highest BCUT2D eigenvalue weighted by Gasteiger charge is 2.64. The van der Waals surface area contributed by atoms with Gasteiger partial charge in [-0.25, -0.2) is 4.98 Å². The molecule has 15 nitrogen and oxygen atoms in total. The summed E-state index contributed by atoms with van der Waals surface area (Å²) in [6, 6.07) is 19.3. The first-order chi connectivity index (χ1) is 32.4. The Morgan fingerprint density at radius 1 is 0.956 bits per heavy atom. The number of imide groups is 1. The summed E-state index contributed by atoms with van der Waals surface area (Å²) < 4.78 is 6.63. The van der Waals surface area contributed by atoms with Crippen molar-refractivity contribution in [3.63, 3.8) is 0 Å². The maximum Gasteiger partial charge on any atom is 0.253 e. The number of carbonyl (C=O) groups is 5. The first kappa shape index (κ1) is 52.6. The standard InChI is InChI=1S/C37H48N6O2.C8H12N2O4.C8H10O/c1-24(2)43(28-9-7-10-28)23-25-16-19-42(20-17-25)31-15-13-27(22-40-31)33(44)41-34-36(3,4)35(37(34,5)6)45-30-14-12-26(21-38)32-29(30)11-8-18-39-32;1-9-8(14)7(3-2-4-11)10(5-12)6-13;1-6-3-4-8(9)5-7(6)2/h8,11-15,18,22,24-25,28,34-35H,7,9-10,16-17,19-20,23H2,1-6H3,(H,41,44);4-7H,2-3H2,1H3,(H,9,14);3-5,9H,1-2H3. The van der Waals surface area contributed by atoms with Crippen molar-refractivity contribution in [1.29, 1.82) is 5.26 Å². The van der Waals surface area contributed by atoms with Crippen molar-refractivity contribution in [3.05, 3.63) is 89.2 Å². The molecule has 0 spiro atoms. The van der Waals surface area contributed by atoms with Crippen LogP contribution < -0.4 is 20.3 Å². The van der Waals surface area contributed by atoms with E-state index in [-0.39, 0.29) is 54.5 Å².